The second kappa shape index (κ2) is 10.9. The summed E-state index contributed by atoms with van der Waals surface area (Å²) in [4.78, 5) is 10.6. The molecule has 116 valence electrons. The summed E-state index contributed by atoms with van der Waals surface area (Å²) in [6.07, 6.45) is 13.9. The fraction of sp³-hybridized carbons (Fsp3) is 0.812. The van der Waals surface area contributed by atoms with Crippen molar-refractivity contribution in [2.24, 2.45) is 0 Å². The summed E-state index contributed by atoms with van der Waals surface area (Å²) in [6.45, 7) is 2.22. The predicted octanol–water partition coefficient (Wildman–Crippen LogP) is 3.33. The zero-order chi connectivity index (χ0) is 14.6. The van der Waals surface area contributed by atoms with E-state index in [1.807, 2.05) is 0 Å². The Hall–Kier alpha value is -0.870. The predicted molar refractivity (Wildman–Crippen MR) is 78.2 cm³/mol. The number of hydrogen-bond donors (Lipinski definition) is 1. The van der Waals surface area contributed by atoms with Gasteiger partial charge in [-0.05, 0) is 19.3 Å². The normalized spacial score (nSPS) is 19.2. The summed E-state index contributed by atoms with van der Waals surface area (Å²) in [5, 5.41) is 9.33. The molecule has 0 aromatic heterocycles. The lowest BCUT2D eigenvalue weighted by molar-refractivity contribution is -0.165. The van der Waals surface area contributed by atoms with Crippen LogP contribution in [0.1, 0.15) is 64.7 Å². The van der Waals surface area contributed by atoms with Crippen LogP contribution in [0.15, 0.2) is 12.2 Å². The van der Waals surface area contributed by atoms with Crippen LogP contribution in [-0.4, -0.2) is 30.1 Å². The molecule has 0 bridgehead atoms. The van der Waals surface area contributed by atoms with E-state index in [0.29, 0.717) is 12.5 Å². The van der Waals surface area contributed by atoms with Gasteiger partial charge in [-0.3, -0.25) is 4.79 Å². The van der Waals surface area contributed by atoms with Gasteiger partial charge in [0.1, 0.15) is 0 Å². The molecule has 1 N–H and O–H groups in total. The third-order valence-electron chi connectivity index (χ3n) is 3.33. The average Bonchev–Trinajstić information content (AvgIpc) is 3.19. The van der Waals surface area contributed by atoms with Crippen LogP contribution in [0.5, 0.6) is 0 Å². The first-order valence-corrected chi connectivity index (χ1v) is 7.82. The fourth-order valence-corrected chi connectivity index (χ4v) is 2.13. The summed E-state index contributed by atoms with van der Waals surface area (Å²) >= 11 is 0. The summed E-state index contributed by atoms with van der Waals surface area (Å²) in [7, 11) is 0. The van der Waals surface area contributed by atoms with E-state index < -0.39 is 12.3 Å². The second-order valence-corrected chi connectivity index (χ2v) is 5.42. The Morgan fingerprint density at radius 3 is 2.45 bits per heavy atom. The van der Waals surface area contributed by atoms with Crippen molar-refractivity contribution in [2.45, 2.75) is 77.1 Å². The smallest absolute Gasteiger partial charge is 0.304 e. The van der Waals surface area contributed by atoms with Crippen molar-refractivity contribution in [3.8, 4) is 0 Å². The Bertz CT molecular complexity index is 284. The number of aliphatic hydroxyl groups is 1. The monoisotopic (exact) mass is 284 g/mol. The molecule has 2 unspecified atom stereocenters. The highest BCUT2D eigenvalue weighted by molar-refractivity contribution is 5.65. The number of carbonyl (C=O) groups is 1. The highest BCUT2D eigenvalue weighted by Gasteiger charge is 2.17. The first-order chi connectivity index (χ1) is 9.68. The molecule has 0 aliphatic carbocycles. The van der Waals surface area contributed by atoms with Crippen molar-refractivity contribution in [1.29, 1.82) is 0 Å². The molecule has 20 heavy (non-hydrogen) atoms. The minimum Gasteiger partial charge on any atom is -0.436 e. The zero-order valence-corrected chi connectivity index (χ0v) is 12.6. The molecule has 0 spiro atoms. The Morgan fingerprint density at radius 1 is 1.25 bits per heavy atom. The summed E-state index contributed by atoms with van der Waals surface area (Å²) in [6, 6.07) is 0. The lowest BCUT2D eigenvalue weighted by atomic mass is 10.1. The Labute approximate surface area is 122 Å². The van der Waals surface area contributed by atoms with Crippen LogP contribution in [0.3, 0.4) is 0 Å². The zero-order valence-electron chi connectivity index (χ0n) is 12.6. The molecule has 1 fully saturated rings. The molecule has 1 rings (SSSR count). The third kappa shape index (κ3) is 11.0. The van der Waals surface area contributed by atoms with Crippen LogP contribution in [0.4, 0.5) is 0 Å². The first kappa shape index (κ1) is 17.2. The van der Waals surface area contributed by atoms with Gasteiger partial charge in [-0.25, -0.2) is 0 Å². The van der Waals surface area contributed by atoms with E-state index in [2.05, 4.69) is 16.9 Å². The van der Waals surface area contributed by atoms with Gasteiger partial charge in [0.2, 0.25) is 6.29 Å². The number of ether oxygens (including phenoxy) is 2. The number of unbranched alkanes of at least 4 members (excludes halogenated alkanes) is 7. The molecule has 1 aliphatic heterocycles. The Morgan fingerprint density at radius 2 is 1.85 bits per heavy atom. The molecular formula is C16H28O4. The van der Waals surface area contributed by atoms with Gasteiger partial charge >= 0.3 is 5.97 Å². The largest absolute Gasteiger partial charge is 0.436 e. The molecule has 1 aliphatic rings. The highest BCUT2D eigenvalue weighted by Crippen LogP contribution is 2.13. The van der Waals surface area contributed by atoms with E-state index in [0.717, 1.165) is 25.9 Å². The van der Waals surface area contributed by atoms with E-state index >= 15 is 0 Å². The van der Waals surface area contributed by atoms with Crippen LogP contribution < -0.4 is 0 Å². The number of rotatable bonds is 12. The molecule has 2 atom stereocenters. The van der Waals surface area contributed by atoms with Gasteiger partial charge < -0.3 is 14.6 Å². The lowest BCUT2D eigenvalue weighted by Crippen LogP contribution is -2.14. The molecule has 1 saturated heterocycles. The SMILES string of the molecule is CC(=O)OC(O)CCCCCCCCCC=CC1CO1. The number of allylic oxidation sites excluding steroid dienone is 1. The fourth-order valence-electron chi connectivity index (χ4n) is 2.13. The van der Waals surface area contributed by atoms with E-state index in [9.17, 15) is 9.90 Å². The number of aliphatic hydroxyl groups excluding tert-OH is 1. The second-order valence-electron chi connectivity index (χ2n) is 5.42. The van der Waals surface area contributed by atoms with E-state index in [1.54, 1.807) is 0 Å². The maximum atomic E-state index is 10.6. The topological polar surface area (TPSA) is 59.1 Å². The number of hydrogen-bond acceptors (Lipinski definition) is 4. The maximum Gasteiger partial charge on any atom is 0.304 e. The molecule has 0 saturated carbocycles. The summed E-state index contributed by atoms with van der Waals surface area (Å²) in [5.41, 5.74) is 0. The van der Waals surface area contributed by atoms with Gasteiger partial charge in [0, 0.05) is 13.3 Å². The Kier molecular flexibility index (Phi) is 9.33. The van der Waals surface area contributed by atoms with Gasteiger partial charge in [-0.1, -0.05) is 44.3 Å². The standard InChI is InChI=1S/C16H28O4/c1-14(17)20-16(18)12-10-8-6-4-2-3-5-7-9-11-15-13-19-15/h9,11,15-16,18H,2-8,10,12-13H2,1H3. The minimum atomic E-state index is -0.922. The van der Waals surface area contributed by atoms with Crippen molar-refractivity contribution < 1.29 is 19.4 Å². The minimum absolute atomic E-state index is 0.414. The van der Waals surface area contributed by atoms with Gasteiger partial charge in [-0.15, -0.1) is 0 Å². The van der Waals surface area contributed by atoms with Gasteiger partial charge in [0.25, 0.3) is 0 Å². The molecular weight excluding hydrogens is 256 g/mol. The number of carbonyl (C=O) groups excluding carboxylic acids is 1. The first-order valence-electron chi connectivity index (χ1n) is 7.82. The number of epoxide rings is 1. The van der Waals surface area contributed by atoms with E-state index in [1.165, 1.54) is 39.0 Å². The lowest BCUT2D eigenvalue weighted by Gasteiger charge is -2.09. The Balaban J connectivity index is 1.74. The van der Waals surface area contributed by atoms with Crippen LogP contribution >= 0.6 is 0 Å². The van der Waals surface area contributed by atoms with Crippen molar-refractivity contribution in [2.75, 3.05) is 6.61 Å². The highest BCUT2D eigenvalue weighted by atomic mass is 16.6. The molecule has 0 aromatic carbocycles. The van der Waals surface area contributed by atoms with Gasteiger partial charge in [-0.2, -0.15) is 0 Å². The molecule has 4 nitrogen and oxygen atoms in total. The maximum absolute atomic E-state index is 10.6. The summed E-state index contributed by atoms with van der Waals surface area (Å²) in [5.74, 6) is -0.417. The van der Waals surface area contributed by atoms with Crippen LogP contribution in [0, 0.1) is 0 Å². The van der Waals surface area contributed by atoms with Crippen molar-refractivity contribution in [3.63, 3.8) is 0 Å². The van der Waals surface area contributed by atoms with Crippen molar-refractivity contribution in [1.82, 2.24) is 0 Å². The van der Waals surface area contributed by atoms with Crippen molar-refractivity contribution in [3.05, 3.63) is 12.2 Å². The van der Waals surface area contributed by atoms with Crippen LogP contribution in [-0.2, 0) is 14.3 Å². The quantitative estimate of drug-likeness (QED) is 0.196. The average molecular weight is 284 g/mol. The van der Waals surface area contributed by atoms with E-state index in [-0.39, 0.29) is 0 Å². The molecule has 0 amide bonds. The van der Waals surface area contributed by atoms with Crippen molar-refractivity contribution >= 4 is 5.97 Å². The molecule has 4 heteroatoms. The summed E-state index contributed by atoms with van der Waals surface area (Å²) < 4.78 is 9.75. The van der Waals surface area contributed by atoms with Crippen LogP contribution in [0.2, 0.25) is 0 Å². The van der Waals surface area contributed by atoms with Gasteiger partial charge in [0.15, 0.2) is 0 Å². The third-order valence-corrected chi connectivity index (χ3v) is 3.33. The molecule has 1 heterocycles. The molecule has 0 radical (unpaired) electrons. The van der Waals surface area contributed by atoms with E-state index in [4.69, 9.17) is 4.74 Å². The molecule has 0 aromatic rings. The van der Waals surface area contributed by atoms with Crippen LogP contribution in [0.25, 0.3) is 0 Å². The van der Waals surface area contributed by atoms with Gasteiger partial charge in [0.05, 0.1) is 12.7 Å². The number of esters is 1.